The smallest absolute Gasteiger partial charge is 0.472 e. The molecule has 5 saturated heterocycles. The number of aliphatic hydroxyl groups is 4. The van der Waals surface area contributed by atoms with Gasteiger partial charge in [-0.1, -0.05) is 67.6 Å². The largest absolute Gasteiger partial charge is 0.545 e. The Kier molecular flexibility index (Phi) is 25.9. The van der Waals surface area contributed by atoms with Gasteiger partial charge >= 0.3 is 27.0 Å². The van der Waals surface area contributed by atoms with Crippen LogP contribution in [0.3, 0.4) is 0 Å². The number of benzene rings is 2. The normalized spacial score (nSPS) is 31.2. The number of ether oxygens (including phenoxy) is 6. The zero-order valence-electron chi connectivity index (χ0n) is 55.3. The van der Waals surface area contributed by atoms with Gasteiger partial charge in [0.15, 0.2) is 12.5 Å². The van der Waals surface area contributed by atoms with E-state index < -0.39 is 205 Å². The van der Waals surface area contributed by atoms with E-state index in [4.69, 9.17) is 49.3 Å². The third-order valence-corrected chi connectivity index (χ3v) is 18.5. The minimum absolute atomic E-state index is 0. The van der Waals surface area contributed by atoms with Crippen molar-refractivity contribution in [3.8, 4) is 0 Å². The molecule has 10 N–H and O–H groups in total. The van der Waals surface area contributed by atoms with E-state index in [9.17, 15) is 97.5 Å². The van der Waals surface area contributed by atoms with Gasteiger partial charge in [0.05, 0.1) is 89.7 Å². The number of aliphatic hydroxyl groups excluding tert-OH is 4. The molecular weight excluding hydrogens is 1390 g/mol. The molecular formula is C62H72N6O31P2-2. The van der Waals surface area contributed by atoms with Gasteiger partial charge in [0.1, 0.15) is 48.8 Å². The molecule has 8 heterocycles. The first-order valence-electron chi connectivity index (χ1n) is 31.8. The molecule has 37 nitrogen and oxygen atoms in total. The van der Waals surface area contributed by atoms with Gasteiger partial charge in [-0.3, -0.25) is 70.9 Å². The molecule has 1 aliphatic carbocycles. The van der Waals surface area contributed by atoms with E-state index in [1.54, 1.807) is 43.4 Å². The number of nitrogens with zero attached hydrogens (tertiary/aromatic N) is 4. The number of fused-ring (bicyclic) bond motifs is 1. The van der Waals surface area contributed by atoms with E-state index in [0.29, 0.717) is 5.69 Å². The lowest BCUT2D eigenvalue weighted by Crippen LogP contribution is -2.42. The monoisotopic (exact) mass is 1460 g/mol. The molecule has 4 aromatic rings. The fraction of sp³-hybridized carbons (Fsp3) is 0.452. The molecule has 0 bridgehead atoms. The number of hydrogen-bond donors (Lipinski definition) is 8. The maximum absolute atomic E-state index is 13.9. The van der Waals surface area contributed by atoms with Gasteiger partial charge in [-0.05, 0) is 61.1 Å². The molecule has 101 heavy (non-hydrogen) atoms. The molecule has 7 aliphatic rings. The van der Waals surface area contributed by atoms with Crippen molar-refractivity contribution in [1.82, 2.24) is 19.1 Å². The van der Waals surface area contributed by atoms with Gasteiger partial charge in [0, 0.05) is 55.8 Å². The molecule has 0 spiro atoms. The number of H-pyrrole nitrogens is 2. The molecule has 5 fully saturated rings. The molecule has 39 heteroatoms. The van der Waals surface area contributed by atoms with Crippen molar-refractivity contribution in [1.29, 1.82) is 0 Å². The fourth-order valence-corrected chi connectivity index (χ4v) is 13.5. The van der Waals surface area contributed by atoms with Crippen LogP contribution in [0, 0.1) is 23.7 Å². The molecule has 2 aromatic carbocycles. The average molecular weight is 1460 g/mol. The molecule has 0 radical (unpaired) electrons. The number of aromatic amines is 2. The van der Waals surface area contributed by atoms with Crippen molar-refractivity contribution in [2.75, 3.05) is 62.6 Å². The van der Waals surface area contributed by atoms with Crippen molar-refractivity contribution in [3.63, 3.8) is 0 Å². The van der Waals surface area contributed by atoms with Crippen LogP contribution in [0.15, 0.2) is 141 Å². The summed E-state index contributed by atoms with van der Waals surface area (Å²) in [6.07, 6.45) is -0.305. The lowest BCUT2D eigenvalue weighted by atomic mass is 9.72. The highest BCUT2D eigenvalue weighted by atomic mass is 31.2. The quantitative estimate of drug-likeness (QED) is 0.0139. The molecule has 0 saturated carbocycles. The summed E-state index contributed by atoms with van der Waals surface area (Å²) in [6.45, 7) is -1.41. The number of amides is 4. The Hall–Kier alpha value is -8.24. The van der Waals surface area contributed by atoms with Crippen LogP contribution in [-0.4, -0.2) is 204 Å². The second kappa shape index (κ2) is 34.6. The standard InChI is InChI=1S/C31H36N3O15P.C20H29N2O11P.C11H7NO4.H2O/c1-15-2-3-17(24-23(15)27(38)34(28(24)39)18-6-4-16(5-7-18)30(40)41)13-46-26-25(49-50(43,44)47-14-21-19(36)9-11-45-21)20(12-35)48-29(26)33-10-8-22(37)32-31(33)42;1-2-3-4-5-9-30-18-17(33-34(27,28)31-12-15-13(24)7-10-29-15)14(11-23)32-19(18)22-8-6-16(25)21-20(22)26;13-9-5-6-10(14)12(9)8-3-1-7(2-4-8)11(15)16;/h2-8,10,15,17,19-21,23-26,29,35-36H,9,11-14H2,1H3,(H,40,41)(H,43,44)(H,32,37,42);2-6,8,13-15,17-19,23-24H,7,9-12H2,1H3,(H,27,28)(H,21,25,26);1-6H,(H,15,16);1H2/p-2/b;3-2+,5-4+;;/t15?,17?,19-,20-,21-,23?,24?,25+,26?,29-;13-,14-,15-,17+,18?,19-;;/m11../s1/i11T;10T;;/t11-,15?,17?,19+,20+,21+,23?,24?,25-,26?,29+;10-,13+,14+,15+,17-,18?,19+;;/m00... The van der Waals surface area contributed by atoms with Gasteiger partial charge in [-0.2, -0.15) is 0 Å². The van der Waals surface area contributed by atoms with E-state index >= 15 is 0 Å². The van der Waals surface area contributed by atoms with Crippen molar-refractivity contribution in [3.05, 3.63) is 174 Å². The number of hydrogen-bond acceptors (Lipinski definition) is 28. The number of aromatic nitrogens is 4. The first kappa shape index (κ1) is 75.4. The Labute approximate surface area is 573 Å². The highest BCUT2D eigenvalue weighted by Gasteiger charge is 2.56. The van der Waals surface area contributed by atoms with Crippen LogP contribution >= 0.6 is 15.6 Å². The van der Waals surface area contributed by atoms with Crippen molar-refractivity contribution in [2.45, 2.75) is 100 Å². The fourth-order valence-electron chi connectivity index (χ4n) is 11.5. The van der Waals surface area contributed by atoms with Crippen LogP contribution in [0.4, 0.5) is 11.4 Å². The van der Waals surface area contributed by atoms with E-state index in [1.165, 1.54) is 54.7 Å². The van der Waals surface area contributed by atoms with Crippen LogP contribution in [0.1, 0.15) is 62.6 Å². The number of phosphoric acid groups is 2. The zero-order chi connectivity index (χ0) is 74.1. The van der Waals surface area contributed by atoms with Crippen molar-refractivity contribution >= 4 is 62.6 Å². The predicted molar refractivity (Wildman–Crippen MR) is 338 cm³/mol. The third-order valence-electron chi connectivity index (χ3n) is 16.5. The Morgan fingerprint density at radius 3 is 1.49 bits per heavy atom. The van der Waals surface area contributed by atoms with Crippen LogP contribution in [0.2, 0.25) is 0 Å². The summed E-state index contributed by atoms with van der Waals surface area (Å²) in [7, 11) is -9.86. The number of rotatable bonds is 25. The summed E-state index contributed by atoms with van der Waals surface area (Å²) in [5.74, 6) is -7.62. The third kappa shape index (κ3) is 18.9. The number of carboxylic acids is 2. The molecule has 6 aliphatic heterocycles. The maximum atomic E-state index is 13.9. The summed E-state index contributed by atoms with van der Waals surface area (Å²) in [5.41, 5.74) is -2.78. The minimum atomic E-state index is -5.05. The Morgan fingerprint density at radius 2 is 1.07 bits per heavy atom. The second-order valence-corrected chi connectivity index (χ2v) is 25.8. The van der Waals surface area contributed by atoms with Gasteiger partial charge in [0.25, 0.3) is 22.9 Å². The zero-order valence-corrected chi connectivity index (χ0v) is 55.0. The van der Waals surface area contributed by atoms with E-state index in [-0.39, 0.29) is 54.3 Å². The van der Waals surface area contributed by atoms with Crippen molar-refractivity contribution in [2.24, 2.45) is 23.7 Å². The molecule has 8 unspecified atom stereocenters. The predicted octanol–water partition coefficient (Wildman–Crippen LogP) is -3.29. The van der Waals surface area contributed by atoms with Gasteiger partial charge in [-0.25, -0.2) is 23.6 Å². The van der Waals surface area contributed by atoms with E-state index in [0.717, 1.165) is 49.4 Å². The first-order chi connectivity index (χ1) is 48.4. The molecule has 4 amide bonds. The number of carbonyl (C=O) groups is 6. The number of anilines is 2. The lowest BCUT2D eigenvalue weighted by molar-refractivity contribution is -0.256. The van der Waals surface area contributed by atoms with E-state index in [2.05, 4.69) is 9.97 Å². The molecule has 2 aromatic heterocycles. The molecule has 548 valence electrons. The second-order valence-electron chi connectivity index (χ2n) is 23.0. The van der Waals surface area contributed by atoms with Crippen LogP contribution in [0.25, 0.3) is 0 Å². The highest BCUT2D eigenvalue weighted by Crippen LogP contribution is 2.51. The number of phosphoric ester groups is 2. The van der Waals surface area contributed by atoms with Crippen LogP contribution in [0.5, 0.6) is 0 Å². The Morgan fingerprint density at radius 1 is 0.624 bits per heavy atom. The maximum Gasteiger partial charge on any atom is 0.472 e. The Balaban J connectivity index is 0.000000222. The number of nitrogens with one attached hydrogen (secondary N) is 2. The average Bonchev–Trinajstić information content (AvgIpc) is 1.67. The number of carboxylic acid groups (broad SMARTS) is 2. The number of allylic oxidation sites excluding steroid dienone is 4. The molecule has 20 atom stereocenters. The highest BCUT2D eigenvalue weighted by molar-refractivity contribution is 7.47. The SMILES string of the molecule is O.O=C([O-])c1ccc(N2C(=O)C=CC2=O)cc1.[3H][C@H]1C[C@@H](O)[C@@H](COP(=O)(O)O[C@@H]2C(OC/C=C/C=C/C)[C@H](n3ccc(=O)[nH]c3=O)O[C@@H]2CO)O1.[3H][C@H]1C[C@@H](O)[C@@H](COP(=O)(O)O[C@@H]2C(OCC3C=CC(C)C4C(=O)N(c5ccc(C(=O)[O-])cc5)C(=O)C34)[C@H](n3ccc(=O)[nH]c3=O)O[C@@H]2CO)O1. The number of carbonyl (C=O) groups excluding carboxylic acids is 6. The summed E-state index contributed by atoms with van der Waals surface area (Å²) in [4.78, 5) is 147. The summed E-state index contributed by atoms with van der Waals surface area (Å²) < 4.78 is 97.5. The lowest BCUT2D eigenvalue weighted by Gasteiger charge is -2.32. The van der Waals surface area contributed by atoms with Crippen LogP contribution < -0.4 is 42.5 Å². The summed E-state index contributed by atoms with van der Waals surface area (Å²) in [6, 6.07) is 12.5. The minimum Gasteiger partial charge on any atom is -0.545 e. The van der Waals surface area contributed by atoms with Gasteiger partial charge in [0.2, 0.25) is 11.8 Å². The Bertz CT molecular complexity index is 4170. The number of imide groups is 2. The molecule has 11 rings (SSSR count). The van der Waals surface area contributed by atoms with Gasteiger partial charge < -0.3 is 83.9 Å². The van der Waals surface area contributed by atoms with E-state index in [1.807, 2.05) is 6.92 Å². The summed E-state index contributed by atoms with van der Waals surface area (Å²) in [5, 5.41) is 61.6. The van der Waals surface area contributed by atoms with Crippen molar-refractivity contribution < 1.29 is 133 Å². The van der Waals surface area contributed by atoms with Crippen LogP contribution in [-0.2, 0) is 74.8 Å². The van der Waals surface area contributed by atoms with Gasteiger partial charge in [-0.15, -0.1) is 0 Å². The topological polar surface area (TPSA) is 544 Å². The first-order valence-corrected chi connectivity index (χ1v) is 33.7. The number of aromatic carboxylic acids is 2. The summed E-state index contributed by atoms with van der Waals surface area (Å²) >= 11 is 0.